The minimum absolute atomic E-state index is 0.105. The zero-order chi connectivity index (χ0) is 13.7. The van der Waals surface area contributed by atoms with Crippen LogP contribution in [0, 0.1) is 0 Å². The number of Topliss-reactive ketones (excluding diaryl/α,β-unsaturated/α-hetero) is 1. The summed E-state index contributed by atoms with van der Waals surface area (Å²) in [7, 11) is 1.62. The van der Waals surface area contributed by atoms with Crippen LogP contribution in [0.2, 0.25) is 0 Å². The number of methoxy groups -OCH3 is 1. The molecule has 2 aromatic rings. The number of benzene rings is 2. The van der Waals surface area contributed by atoms with Gasteiger partial charge < -0.3 is 10.5 Å². The summed E-state index contributed by atoms with van der Waals surface area (Å²) in [5.41, 5.74) is 8.25. The molecule has 0 atom stereocenters. The van der Waals surface area contributed by atoms with E-state index in [-0.39, 0.29) is 5.78 Å². The monoisotopic (exact) mass is 255 g/mol. The lowest BCUT2D eigenvalue weighted by Gasteiger charge is -2.04. The number of ether oxygens (including phenoxy) is 1. The third-order valence-electron chi connectivity index (χ3n) is 3.04. The normalized spacial score (nSPS) is 10.2. The first-order valence-corrected chi connectivity index (χ1v) is 6.18. The van der Waals surface area contributed by atoms with Crippen molar-refractivity contribution in [1.82, 2.24) is 0 Å². The molecule has 0 spiro atoms. The number of hydrogen-bond acceptors (Lipinski definition) is 3. The summed E-state index contributed by atoms with van der Waals surface area (Å²) in [6.07, 6.45) is 0.395. The highest BCUT2D eigenvalue weighted by molar-refractivity contribution is 5.97. The van der Waals surface area contributed by atoms with E-state index in [0.29, 0.717) is 18.5 Å². The lowest BCUT2D eigenvalue weighted by molar-refractivity contribution is 0.0993. The Labute approximate surface area is 113 Å². The van der Waals surface area contributed by atoms with Crippen LogP contribution in [0.4, 0.5) is 0 Å². The van der Waals surface area contributed by atoms with Crippen molar-refractivity contribution >= 4 is 5.78 Å². The molecule has 0 bridgehead atoms. The highest BCUT2D eigenvalue weighted by Crippen LogP contribution is 2.14. The van der Waals surface area contributed by atoms with E-state index in [0.717, 1.165) is 16.9 Å². The Balaban J connectivity index is 2.06. The van der Waals surface area contributed by atoms with Crippen molar-refractivity contribution < 1.29 is 9.53 Å². The lowest BCUT2D eigenvalue weighted by Crippen LogP contribution is -2.04. The lowest BCUT2D eigenvalue weighted by atomic mass is 10.0. The third kappa shape index (κ3) is 3.42. The minimum Gasteiger partial charge on any atom is -0.497 e. The number of hydrogen-bond donors (Lipinski definition) is 1. The quantitative estimate of drug-likeness (QED) is 0.835. The van der Waals surface area contributed by atoms with E-state index in [2.05, 4.69) is 0 Å². The highest BCUT2D eigenvalue weighted by atomic mass is 16.5. The number of carbonyl (C=O) groups excluding carboxylic acids is 1. The van der Waals surface area contributed by atoms with Crippen LogP contribution < -0.4 is 10.5 Å². The van der Waals surface area contributed by atoms with E-state index in [1.54, 1.807) is 7.11 Å². The second-order valence-corrected chi connectivity index (χ2v) is 4.35. The summed E-state index contributed by atoms with van der Waals surface area (Å²) in [6.45, 7) is 0.493. The number of carbonyl (C=O) groups is 1. The van der Waals surface area contributed by atoms with Crippen LogP contribution in [0.1, 0.15) is 21.5 Å². The van der Waals surface area contributed by atoms with Crippen LogP contribution in [0.5, 0.6) is 5.75 Å². The first kappa shape index (κ1) is 13.3. The van der Waals surface area contributed by atoms with Gasteiger partial charge in [-0.3, -0.25) is 4.79 Å². The van der Waals surface area contributed by atoms with Gasteiger partial charge in [-0.25, -0.2) is 0 Å². The molecule has 2 rings (SSSR count). The van der Waals surface area contributed by atoms with Crippen molar-refractivity contribution in [1.29, 1.82) is 0 Å². The SMILES string of the molecule is COc1ccc(CC(=O)c2ccc(CN)cc2)cc1. The Hall–Kier alpha value is -2.13. The van der Waals surface area contributed by atoms with Crippen molar-refractivity contribution in [3.05, 3.63) is 65.2 Å². The smallest absolute Gasteiger partial charge is 0.167 e. The Kier molecular flexibility index (Phi) is 4.31. The molecule has 3 heteroatoms. The van der Waals surface area contributed by atoms with Gasteiger partial charge in [-0.15, -0.1) is 0 Å². The van der Waals surface area contributed by atoms with E-state index in [1.807, 2.05) is 48.5 Å². The standard InChI is InChI=1S/C16H17NO2/c1-19-15-8-4-12(5-9-15)10-16(18)14-6-2-13(11-17)3-7-14/h2-9H,10-11,17H2,1H3. The molecule has 3 nitrogen and oxygen atoms in total. The molecular formula is C16H17NO2. The average Bonchev–Trinajstić information content (AvgIpc) is 2.48. The molecule has 0 saturated carbocycles. The maximum absolute atomic E-state index is 12.1. The van der Waals surface area contributed by atoms with Crippen molar-refractivity contribution in [2.24, 2.45) is 5.73 Å². The molecule has 0 aromatic heterocycles. The molecule has 2 N–H and O–H groups in total. The second-order valence-electron chi connectivity index (χ2n) is 4.35. The molecule has 0 radical (unpaired) electrons. The van der Waals surface area contributed by atoms with Gasteiger partial charge >= 0.3 is 0 Å². The fourth-order valence-electron chi connectivity index (χ4n) is 1.86. The van der Waals surface area contributed by atoms with E-state index >= 15 is 0 Å². The molecule has 2 aromatic carbocycles. The molecule has 0 saturated heterocycles. The second kappa shape index (κ2) is 6.16. The Bertz CT molecular complexity index is 544. The Morgan fingerprint density at radius 2 is 1.58 bits per heavy atom. The maximum Gasteiger partial charge on any atom is 0.167 e. The average molecular weight is 255 g/mol. The molecule has 0 fully saturated rings. The Morgan fingerprint density at radius 1 is 1.00 bits per heavy atom. The maximum atomic E-state index is 12.1. The number of nitrogens with two attached hydrogens (primary N) is 1. The molecule has 0 heterocycles. The molecule has 0 aliphatic heterocycles. The van der Waals surface area contributed by atoms with Gasteiger partial charge in [0.2, 0.25) is 0 Å². The van der Waals surface area contributed by atoms with Crippen LogP contribution in [0.15, 0.2) is 48.5 Å². The van der Waals surface area contributed by atoms with E-state index < -0.39 is 0 Å². The van der Waals surface area contributed by atoms with Gasteiger partial charge in [0, 0.05) is 18.5 Å². The molecule has 98 valence electrons. The summed E-state index contributed by atoms with van der Waals surface area (Å²) in [5, 5.41) is 0. The summed E-state index contributed by atoms with van der Waals surface area (Å²) in [6, 6.07) is 15.0. The third-order valence-corrected chi connectivity index (χ3v) is 3.04. The van der Waals surface area contributed by atoms with Gasteiger partial charge in [-0.05, 0) is 23.3 Å². The first-order chi connectivity index (χ1) is 9.22. The van der Waals surface area contributed by atoms with E-state index in [4.69, 9.17) is 10.5 Å². The van der Waals surface area contributed by atoms with Gasteiger partial charge in [-0.1, -0.05) is 36.4 Å². The van der Waals surface area contributed by atoms with Crippen molar-refractivity contribution in [2.75, 3.05) is 7.11 Å². The molecule has 19 heavy (non-hydrogen) atoms. The van der Waals surface area contributed by atoms with Gasteiger partial charge in [0.25, 0.3) is 0 Å². The van der Waals surface area contributed by atoms with Crippen molar-refractivity contribution in [3.8, 4) is 5.75 Å². The number of ketones is 1. The van der Waals surface area contributed by atoms with Crippen molar-refractivity contribution in [3.63, 3.8) is 0 Å². The van der Waals surface area contributed by atoms with E-state index in [1.165, 1.54) is 0 Å². The van der Waals surface area contributed by atoms with Gasteiger partial charge in [0.15, 0.2) is 5.78 Å². The topological polar surface area (TPSA) is 52.3 Å². The van der Waals surface area contributed by atoms with Gasteiger partial charge in [0.05, 0.1) is 7.11 Å². The predicted octanol–water partition coefficient (Wildman–Crippen LogP) is 2.58. The summed E-state index contributed by atoms with van der Waals surface area (Å²) >= 11 is 0. The van der Waals surface area contributed by atoms with Crippen LogP contribution in [-0.2, 0) is 13.0 Å². The van der Waals surface area contributed by atoms with Gasteiger partial charge in [0.1, 0.15) is 5.75 Å². The summed E-state index contributed by atoms with van der Waals surface area (Å²) in [4.78, 5) is 12.1. The molecule has 0 aliphatic rings. The summed E-state index contributed by atoms with van der Waals surface area (Å²) in [5.74, 6) is 0.900. The zero-order valence-electron chi connectivity index (χ0n) is 10.9. The predicted molar refractivity (Wildman–Crippen MR) is 75.4 cm³/mol. The largest absolute Gasteiger partial charge is 0.497 e. The molecule has 0 unspecified atom stereocenters. The zero-order valence-corrected chi connectivity index (χ0v) is 10.9. The van der Waals surface area contributed by atoms with Crippen LogP contribution in [0.3, 0.4) is 0 Å². The van der Waals surface area contributed by atoms with Gasteiger partial charge in [-0.2, -0.15) is 0 Å². The van der Waals surface area contributed by atoms with E-state index in [9.17, 15) is 4.79 Å². The van der Waals surface area contributed by atoms with Crippen molar-refractivity contribution in [2.45, 2.75) is 13.0 Å². The molecule has 0 amide bonds. The Morgan fingerprint density at radius 3 is 2.11 bits per heavy atom. The molecule has 0 aliphatic carbocycles. The summed E-state index contributed by atoms with van der Waals surface area (Å²) < 4.78 is 5.09. The highest BCUT2D eigenvalue weighted by Gasteiger charge is 2.07. The van der Waals surface area contributed by atoms with Crippen LogP contribution >= 0.6 is 0 Å². The fraction of sp³-hybridized carbons (Fsp3) is 0.188. The number of rotatable bonds is 5. The fourth-order valence-corrected chi connectivity index (χ4v) is 1.86. The van der Waals surface area contributed by atoms with Crippen LogP contribution in [0.25, 0.3) is 0 Å². The molecular weight excluding hydrogens is 238 g/mol. The van der Waals surface area contributed by atoms with Crippen LogP contribution in [-0.4, -0.2) is 12.9 Å². The first-order valence-electron chi connectivity index (χ1n) is 6.18. The minimum atomic E-state index is 0.105.